The average Bonchev–Trinajstić information content (AvgIpc) is 3.33. The summed E-state index contributed by atoms with van der Waals surface area (Å²) in [4.78, 5) is 23.7. The van der Waals surface area contributed by atoms with Gasteiger partial charge in [0.2, 0.25) is 0 Å². The SMILES string of the molecule is CNc1cc(C2CN(C(C)C)c3ncccc32)nc2c(NC(=O)NCC#N)cnn12. The lowest BCUT2D eigenvalue weighted by Crippen LogP contribution is -2.30. The van der Waals surface area contributed by atoms with Gasteiger partial charge >= 0.3 is 6.03 Å². The van der Waals surface area contributed by atoms with E-state index in [0.717, 1.165) is 29.4 Å². The molecule has 1 atom stereocenters. The second-order valence-corrected chi connectivity index (χ2v) is 7.29. The van der Waals surface area contributed by atoms with Crippen LogP contribution in [-0.4, -0.2) is 51.8 Å². The maximum absolute atomic E-state index is 12.0. The molecule has 30 heavy (non-hydrogen) atoms. The minimum absolute atomic E-state index is 0.0448. The Hall–Kier alpha value is -3.87. The standard InChI is InChI=1S/C20H23N9O/c1-12(2)28-11-14(13-5-4-7-23-18(13)28)15-9-17(22-3)29-19(26-15)16(10-25-29)27-20(30)24-8-6-21/h4-5,7,9-10,12,14,22H,8,11H2,1-3H3,(H2,24,27,30). The van der Waals surface area contributed by atoms with E-state index in [1.54, 1.807) is 10.7 Å². The monoisotopic (exact) mass is 405 g/mol. The average molecular weight is 405 g/mol. The van der Waals surface area contributed by atoms with Crippen molar-refractivity contribution < 1.29 is 4.79 Å². The van der Waals surface area contributed by atoms with Gasteiger partial charge in [0, 0.05) is 43.4 Å². The number of aromatic nitrogens is 4. The molecule has 0 saturated carbocycles. The van der Waals surface area contributed by atoms with Crippen LogP contribution in [0.15, 0.2) is 30.6 Å². The second kappa shape index (κ2) is 7.87. The number of carbonyl (C=O) groups excluding carboxylic acids is 1. The Morgan fingerprint density at radius 3 is 3.00 bits per heavy atom. The lowest BCUT2D eigenvalue weighted by molar-refractivity contribution is 0.253. The smallest absolute Gasteiger partial charge is 0.320 e. The number of anilines is 3. The number of nitrogens with zero attached hydrogens (tertiary/aromatic N) is 6. The number of pyridine rings is 1. The van der Waals surface area contributed by atoms with Gasteiger partial charge < -0.3 is 20.9 Å². The number of nitrogens with one attached hydrogen (secondary N) is 3. The van der Waals surface area contributed by atoms with Crippen molar-refractivity contribution >= 4 is 29.0 Å². The van der Waals surface area contributed by atoms with E-state index in [4.69, 9.17) is 10.2 Å². The Labute approximate surface area is 173 Å². The summed E-state index contributed by atoms with van der Waals surface area (Å²) in [6.07, 6.45) is 3.36. The maximum Gasteiger partial charge on any atom is 0.320 e. The van der Waals surface area contributed by atoms with Gasteiger partial charge in [-0.15, -0.1) is 0 Å². The molecule has 3 aromatic rings. The van der Waals surface area contributed by atoms with Gasteiger partial charge in [-0.05, 0) is 19.9 Å². The zero-order valence-corrected chi connectivity index (χ0v) is 17.0. The van der Waals surface area contributed by atoms with Crippen molar-refractivity contribution in [3.05, 3.63) is 41.9 Å². The van der Waals surface area contributed by atoms with E-state index < -0.39 is 6.03 Å². The fourth-order valence-corrected chi connectivity index (χ4v) is 3.72. The van der Waals surface area contributed by atoms with Gasteiger partial charge in [-0.3, -0.25) is 0 Å². The number of hydrogen-bond donors (Lipinski definition) is 3. The first-order chi connectivity index (χ1) is 14.5. The molecule has 4 rings (SSSR count). The zero-order valence-electron chi connectivity index (χ0n) is 17.0. The van der Waals surface area contributed by atoms with Crippen LogP contribution >= 0.6 is 0 Å². The van der Waals surface area contributed by atoms with Crippen LogP contribution in [0.3, 0.4) is 0 Å². The molecule has 1 aliphatic rings. The molecule has 0 aromatic carbocycles. The summed E-state index contributed by atoms with van der Waals surface area (Å²) in [5, 5.41) is 21.3. The Bertz CT molecular complexity index is 1130. The van der Waals surface area contributed by atoms with Crippen molar-refractivity contribution in [3.63, 3.8) is 0 Å². The summed E-state index contributed by atoms with van der Waals surface area (Å²) >= 11 is 0. The number of rotatable bonds is 5. The van der Waals surface area contributed by atoms with Gasteiger partial charge in [0.25, 0.3) is 0 Å². The fourth-order valence-electron chi connectivity index (χ4n) is 3.72. The van der Waals surface area contributed by atoms with Gasteiger partial charge in [0.05, 0.1) is 18.0 Å². The van der Waals surface area contributed by atoms with Crippen LogP contribution in [0.4, 0.5) is 22.1 Å². The molecule has 3 N–H and O–H groups in total. The van der Waals surface area contributed by atoms with Crippen molar-refractivity contribution in [3.8, 4) is 6.07 Å². The largest absolute Gasteiger partial charge is 0.373 e. The first-order valence-electron chi connectivity index (χ1n) is 9.73. The third-order valence-corrected chi connectivity index (χ3v) is 5.15. The summed E-state index contributed by atoms with van der Waals surface area (Å²) < 4.78 is 1.64. The highest BCUT2D eigenvalue weighted by molar-refractivity contribution is 5.93. The molecule has 0 fully saturated rings. The molecule has 0 saturated heterocycles. The first-order valence-corrected chi connectivity index (χ1v) is 9.73. The van der Waals surface area contributed by atoms with Gasteiger partial charge in [0.1, 0.15) is 23.9 Å². The van der Waals surface area contributed by atoms with Crippen molar-refractivity contribution in [1.82, 2.24) is 24.9 Å². The summed E-state index contributed by atoms with van der Waals surface area (Å²) in [5.74, 6) is 1.78. The topological polar surface area (TPSA) is 123 Å². The van der Waals surface area contributed by atoms with E-state index >= 15 is 0 Å². The van der Waals surface area contributed by atoms with Crippen LogP contribution < -0.4 is 20.9 Å². The summed E-state index contributed by atoms with van der Waals surface area (Å²) in [7, 11) is 1.82. The van der Waals surface area contributed by atoms with Crippen LogP contribution in [0.2, 0.25) is 0 Å². The molecule has 2 amide bonds. The van der Waals surface area contributed by atoms with Crippen molar-refractivity contribution in [2.75, 3.05) is 35.7 Å². The van der Waals surface area contributed by atoms with E-state index in [-0.39, 0.29) is 12.5 Å². The molecule has 0 bridgehead atoms. The minimum atomic E-state index is -0.481. The lowest BCUT2D eigenvalue weighted by atomic mass is 9.99. The Kier molecular flexibility index (Phi) is 5.10. The van der Waals surface area contributed by atoms with Gasteiger partial charge in [-0.25, -0.2) is 14.8 Å². The molecular weight excluding hydrogens is 382 g/mol. The molecule has 0 aliphatic carbocycles. The summed E-state index contributed by atoms with van der Waals surface area (Å²) in [5.41, 5.74) is 2.99. The van der Waals surface area contributed by atoms with E-state index in [1.807, 2.05) is 31.4 Å². The minimum Gasteiger partial charge on any atom is -0.373 e. The van der Waals surface area contributed by atoms with Crippen LogP contribution in [0.5, 0.6) is 0 Å². The summed E-state index contributed by atoms with van der Waals surface area (Å²) in [6.45, 7) is 4.99. The van der Waals surface area contributed by atoms with Crippen LogP contribution in [0, 0.1) is 11.3 Å². The van der Waals surface area contributed by atoms with Gasteiger partial charge in [0.15, 0.2) is 5.65 Å². The van der Waals surface area contributed by atoms with E-state index in [2.05, 4.69) is 50.8 Å². The molecule has 0 radical (unpaired) electrons. The molecule has 10 nitrogen and oxygen atoms in total. The van der Waals surface area contributed by atoms with Gasteiger partial charge in [-0.1, -0.05) is 6.07 Å². The second-order valence-electron chi connectivity index (χ2n) is 7.29. The van der Waals surface area contributed by atoms with Gasteiger partial charge in [-0.2, -0.15) is 14.9 Å². The number of nitriles is 1. The molecule has 1 aliphatic heterocycles. The molecular formula is C20H23N9O. The van der Waals surface area contributed by atoms with E-state index in [9.17, 15) is 4.79 Å². The predicted molar refractivity (Wildman–Crippen MR) is 114 cm³/mol. The van der Waals surface area contributed by atoms with Crippen molar-refractivity contribution in [2.45, 2.75) is 25.8 Å². The third kappa shape index (κ3) is 3.34. The number of urea groups is 1. The molecule has 10 heteroatoms. The molecule has 154 valence electrons. The molecule has 4 heterocycles. The zero-order chi connectivity index (χ0) is 21.3. The Balaban J connectivity index is 1.76. The maximum atomic E-state index is 12.0. The van der Waals surface area contributed by atoms with E-state index in [1.165, 1.54) is 0 Å². The Morgan fingerprint density at radius 1 is 1.43 bits per heavy atom. The normalized spacial score (nSPS) is 15.2. The highest BCUT2D eigenvalue weighted by Gasteiger charge is 2.33. The highest BCUT2D eigenvalue weighted by Crippen LogP contribution is 2.39. The number of hydrogen-bond acceptors (Lipinski definition) is 7. The number of carbonyl (C=O) groups is 1. The lowest BCUT2D eigenvalue weighted by Gasteiger charge is -2.23. The summed E-state index contributed by atoms with van der Waals surface area (Å²) in [6, 6.07) is 7.71. The van der Waals surface area contributed by atoms with Crippen LogP contribution in [0.25, 0.3) is 5.65 Å². The first kappa shape index (κ1) is 19.4. The quantitative estimate of drug-likeness (QED) is 0.556. The van der Waals surface area contributed by atoms with Crippen LogP contribution in [-0.2, 0) is 0 Å². The van der Waals surface area contributed by atoms with Crippen molar-refractivity contribution in [1.29, 1.82) is 5.26 Å². The molecule has 3 aromatic heterocycles. The molecule has 0 spiro atoms. The fraction of sp³-hybridized carbons (Fsp3) is 0.350. The van der Waals surface area contributed by atoms with E-state index in [0.29, 0.717) is 17.4 Å². The molecule has 1 unspecified atom stereocenters. The Morgan fingerprint density at radius 2 is 2.27 bits per heavy atom. The van der Waals surface area contributed by atoms with Crippen LogP contribution in [0.1, 0.15) is 31.0 Å². The highest BCUT2D eigenvalue weighted by atomic mass is 16.2. The number of amides is 2. The number of fused-ring (bicyclic) bond motifs is 2. The third-order valence-electron chi connectivity index (χ3n) is 5.15. The van der Waals surface area contributed by atoms with Crippen molar-refractivity contribution in [2.24, 2.45) is 0 Å². The predicted octanol–water partition coefficient (Wildman–Crippen LogP) is 2.17.